The molecule has 0 bridgehead atoms. The van der Waals surface area contributed by atoms with E-state index >= 15 is 0 Å². The lowest BCUT2D eigenvalue weighted by Gasteiger charge is -2.42. The fourth-order valence-corrected chi connectivity index (χ4v) is 1.78. The first kappa shape index (κ1) is 14.3. The molecule has 17 heavy (non-hydrogen) atoms. The van der Waals surface area contributed by atoms with Gasteiger partial charge in [-0.1, -0.05) is 0 Å². The highest BCUT2D eigenvalue weighted by atomic mass is 16.7. The summed E-state index contributed by atoms with van der Waals surface area (Å²) in [6.07, 6.45) is -4.33. The van der Waals surface area contributed by atoms with E-state index in [1.54, 1.807) is 6.92 Å². The van der Waals surface area contributed by atoms with Crippen LogP contribution < -0.4 is 5.32 Å². The molecule has 0 spiro atoms. The van der Waals surface area contributed by atoms with Crippen molar-refractivity contribution in [2.75, 3.05) is 13.2 Å². The average molecular weight is 249 g/mol. The van der Waals surface area contributed by atoms with Gasteiger partial charge in [0.1, 0.15) is 24.4 Å². The maximum absolute atomic E-state index is 11.0. The topological polar surface area (TPSA) is 108 Å². The Labute approximate surface area is 99.3 Å². The van der Waals surface area contributed by atoms with Gasteiger partial charge in [-0.15, -0.1) is 0 Å². The third-order valence-corrected chi connectivity index (χ3v) is 2.58. The molecule has 5 atom stereocenters. The summed E-state index contributed by atoms with van der Waals surface area (Å²) in [6, 6.07) is -0.856. The van der Waals surface area contributed by atoms with Crippen molar-refractivity contribution in [2.24, 2.45) is 0 Å². The summed E-state index contributed by atoms with van der Waals surface area (Å²) in [5.41, 5.74) is 0. The number of hydrogen-bond donors (Lipinski definition) is 4. The lowest BCUT2D eigenvalue weighted by atomic mass is 9.97. The highest BCUT2D eigenvalue weighted by molar-refractivity contribution is 5.73. The smallest absolute Gasteiger partial charge is 0.217 e. The molecular formula is C10H19NO6. The third-order valence-electron chi connectivity index (χ3n) is 2.58. The Hall–Kier alpha value is -0.730. The Morgan fingerprint density at radius 3 is 2.53 bits per heavy atom. The van der Waals surface area contributed by atoms with Gasteiger partial charge >= 0.3 is 0 Å². The molecule has 1 amide bonds. The van der Waals surface area contributed by atoms with Gasteiger partial charge in [-0.05, 0) is 6.92 Å². The number of rotatable bonds is 4. The lowest BCUT2D eigenvalue weighted by Crippen LogP contribution is -2.64. The van der Waals surface area contributed by atoms with E-state index in [0.29, 0.717) is 6.61 Å². The summed E-state index contributed by atoms with van der Waals surface area (Å²) in [4.78, 5) is 11.0. The monoisotopic (exact) mass is 249 g/mol. The highest BCUT2D eigenvalue weighted by Gasteiger charge is 2.45. The molecule has 1 rings (SSSR count). The molecule has 1 aliphatic rings. The Bertz CT molecular complexity index is 261. The van der Waals surface area contributed by atoms with Crippen molar-refractivity contribution in [3.05, 3.63) is 0 Å². The fraction of sp³-hybridized carbons (Fsp3) is 0.900. The van der Waals surface area contributed by atoms with Crippen molar-refractivity contribution in [2.45, 2.75) is 44.5 Å². The van der Waals surface area contributed by atoms with E-state index < -0.39 is 37.3 Å². The van der Waals surface area contributed by atoms with Crippen LogP contribution in [0.15, 0.2) is 0 Å². The van der Waals surface area contributed by atoms with Gasteiger partial charge in [-0.2, -0.15) is 0 Å². The van der Waals surface area contributed by atoms with Crippen molar-refractivity contribution in [3.8, 4) is 0 Å². The molecule has 0 aliphatic carbocycles. The number of carbonyl (C=O) groups is 1. The molecule has 7 nitrogen and oxygen atoms in total. The average Bonchev–Trinajstić information content (AvgIpc) is 2.28. The van der Waals surface area contributed by atoms with Gasteiger partial charge in [0.15, 0.2) is 6.29 Å². The van der Waals surface area contributed by atoms with Crippen molar-refractivity contribution >= 4 is 5.91 Å². The Morgan fingerprint density at radius 1 is 1.41 bits per heavy atom. The first-order valence-corrected chi connectivity index (χ1v) is 5.52. The molecule has 3 unspecified atom stereocenters. The second kappa shape index (κ2) is 6.27. The summed E-state index contributed by atoms with van der Waals surface area (Å²) in [7, 11) is 0. The predicted octanol–water partition coefficient (Wildman–Crippen LogP) is -2.03. The molecule has 1 fully saturated rings. The van der Waals surface area contributed by atoms with E-state index in [9.17, 15) is 15.0 Å². The first-order chi connectivity index (χ1) is 8.01. The van der Waals surface area contributed by atoms with Crippen molar-refractivity contribution < 1.29 is 29.6 Å². The first-order valence-electron chi connectivity index (χ1n) is 5.52. The van der Waals surface area contributed by atoms with Crippen LogP contribution in [0.25, 0.3) is 0 Å². The molecule has 4 N–H and O–H groups in total. The summed E-state index contributed by atoms with van der Waals surface area (Å²) in [5.74, 6) is -0.364. The minimum absolute atomic E-state index is 0.321. The number of amides is 1. The highest BCUT2D eigenvalue weighted by Crippen LogP contribution is 2.21. The maximum Gasteiger partial charge on any atom is 0.217 e. The molecule has 1 heterocycles. The number of hydrogen-bond acceptors (Lipinski definition) is 6. The summed E-state index contributed by atoms with van der Waals surface area (Å²) in [6.45, 7) is 2.91. The van der Waals surface area contributed by atoms with Gasteiger partial charge < -0.3 is 30.1 Å². The number of aliphatic hydroxyl groups is 3. The van der Waals surface area contributed by atoms with Gasteiger partial charge in [-0.3, -0.25) is 4.79 Å². The molecule has 0 aromatic carbocycles. The molecule has 100 valence electrons. The second-order valence-electron chi connectivity index (χ2n) is 3.89. The van der Waals surface area contributed by atoms with E-state index in [4.69, 9.17) is 14.6 Å². The van der Waals surface area contributed by atoms with Gasteiger partial charge in [0.05, 0.1) is 6.61 Å². The van der Waals surface area contributed by atoms with Crippen LogP contribution in [0.2, 0.25) is 0 Å². The maximum atomic E-state index is 11.0. The fourth-order valence-electron chi connectivity index (χ4n) is 1.78. The predicted molar refractivity (Wildman–Crippen MR) is 57.0 cm³/mol. The zero-order valence-electron chi connectivity index (χ0n) is 9.87. The zero-order valence-corrected chi connectivity index (χ0v) is 9.87. The van der Waals surface area contributed by atoms with Crippen LogP contribution in [0.4, 0.5) is 0 Å². The number of aliphatic hydroxyl groups excluding tert-OH is 3. The molecule has 0 radical (unpaired) electrons. The van der Waals surface area contributed by atoms with Crippen LogP contribution in [0.3, 0.4) is 0 Å². The zero-order chi connectivity index (χ0) is 13.0. The van der Waals surface area contributed by atoms with E-state index in [1.165, 1.54) is 6.92 Å². The van der Waals surface area contributed by atoms with E-state index in [0.717, 1.165) is 0 Å². The van der Waals surface area contributed by atoms with Crippen molar-refractivity contribution in [3.63, 3.8) is 0 Å². The second-order valence-corrected chi connectivity index (χ2v) is 3.89. The van der Waals surface area contributed by atoms with Crippen molar-refractivity contribution in [1.29, 1.82) is 0 Å². The van der Waals surface area contributed by atoms with Crippen LogP contribution in [0.5, 0.6) is 0 Å². The molecule has 0 aromatic rings. The Balaban J connectivity index is 2.78. The molecule has 0 saturated carbocycles. The van der Waals surface area contributed by atoms with Crippen LogP contribution in [-0.2, 0) is 14.3 Å². The molecule has 1 aliphatic heterocycles. The van der Waals surface area contributed by atoms with E-state index in [2.05, 4.69) is 5.32 Å². The molecule has 0 aromatic heterocycles. The number of ether oxygens (including phenoxy) is 2. The number of nitrogens with one attached hydrogen (secondary N) is 1. The van der Waals surface area contributed by atoms with Crippen LogP contribution >= 0.6 is 0 Å². The minimum Gasteiger partial charge on any atom is -0.394 e. The van der Waals surface area contributed by atoms with Crippen LogP contribution in [-0.4, -0.2) is 65.1 Å². The Morgan fingerprint density at radius 2 is 2.06 bits per heavy atom. The van der Waals surface area contributed by atoms with Crippen molar-refractivity contribution in [1.82, 2.24) is 5.32 Å². The van der Waals surface area contributed by atoms with Gasteiger partial charge in [-0.25, -0.2) is 0 Å². The normalized spacial score (nSPS) is 37.8. The Kier molecular flexibility index (Phi) is 5.29. The van der Waals surface area contributed by atoms with E-state index in [-0.39, 0.29) is 5.91 Å². The SMILES string of the molecule is CCO[C@@H]1OC(CO)[C@@H](O)C(O)C1NC(C)=O. The van der Waals surface area contributed by atoms with Gasteiger partial charge in [0.25, 0.3) is 0 Å². The van der Waals surface area contributed by atoms with Crippen LogP contribution in [0, 0.1) is 0 Å². The number of carbonyl (C=O) groups excluding carboxylic acids is 1. The quantitative estimate of drug-likeness (QED) is 0.457. The molecule has 1 saturated heterocycles. The summed E-state index contributed by atoms with van der Waals surface area (Å²) in [5, 5.41) is 31.0. The largest absolute Gasteiger partial charge is 0.394 e. The van der Waals surface area contributed by atoms with Gasteiger partial charge in [0.2, 0.25) is 5.91 Å². The lowest BCUT2D eigenvalue weighted by molar-refractivity contribution is -0.268. The molecular weight excluding hydrogens is 230 g/mol. The van der Waals surface area contributed by atoms with Crippen LogP contribution in [0.1, 0.15) is 13.8 Å². The minimum atomic E-state index is -1.27. The summed E-state index contributed by atoms with van der Waals surface area (Å²) < 4.78 is 10.5. The third kappa shape index (κ3) is 3.36. The summed E-state index contributed by atoms with van der Waals surface area (Å²) >= 11 is 0. The van der Waals surface area contributed by atoms with Gasteiger partial charge in [0, 0.05) is 13.5 Å². The standard InChI is InChI=1S/C10H19NO6/c1-3-16-10-7(11-5(2)13)9(15)8(14)6(4-12)17-10/h6-10,12,14-15H,3-4H2,1-2H3,(H,11,13)/t6?,7?,8-,9?,10-/m1/s1. The molecule has 7 heteroatoms. The van der Waals surface area contributed by atoms with E-state index in [1.807, 2.05) is 0 Å².